The van der Waals surface area contributed by atoms with E-state index in [9.17, 15) is 22.8 Å². The molecule has 1 fully saturated rings. The Morgan fingerprint density at radius 1 is 1.19 bits per heavy atom. The number of hydrogen-bond acceptors (Lipinski definition) is 5. The van der Waals surface area contributed by atoms with Crippen molar-refractivity contribution in [3.63, 3.8) is 0 Å². The van der Waals surface area contributed by atoms with Crippen LogP contribution in [0.1, 0.15) is 34.5 Å². The van der Waals surface area contributed by atoms with Gasteiger partial charge in [0.05, 0.1) is 13.7 Å². The van der Waals surface area contributed by atoms with Crippen molar-refractivity contribution in [2.45, 2.75) is 39.5 Å². The fourth-order valence-corrected chi connectivity index (χ4v) is 4.40. The van der Waals surface area contributed by atoms with Gasteiger partial charge in [0.15, 0.2) is 5.69 Å². The molecule has 1 saturated heterocycles. The molecular formula is C22H25F3N4O3. The van der Waals surface area contributed by atoms with Crippen LogP contribution < -0.4 is 15.2 Å². The molecule has 2 aliphatic heterocycles. The average Bonchev–Trinajstić information content (AvgIpc) is 3.17. The van der Waals surface area contributed by atoms with Crippen molar-refractivity contribution in [1.29, 1.82) is 0 Å². The smallest absolute Gasteiger partial charge is 0.433 e. The summed E-state index contributed by atoms with van der Waals surface area (Å²) in [6.07, 6.45) is -4.25. The molecule has 172 valence electrons. The SMILES string of the molecule is COc1cc(N2CC(CC(=O)N3Cc4c(C)c(C)c(=O)n(C)c4C3)C2)cc(C(F)(F)F)n1. The molecule has 0 radical (unpaired) electrons. The summed E-state index contributed by atoms with van der Waals surface area (Å²) < 4.78 is 45.8. The van der Waals surface area contributed by atoms with Crippen LogP contribution in [0.2, 0.25) is 0 Å². The second-order valence-corrected chi connectivity index (χ2v) is 8.52. The number of nitrogens with zero attached hydrogens (tertiary/aromatic N) is 4. The van der Waals surface area contributed by atoms with E-state index in [2.05, 4.69) is 4.98 Å². The van der Waals surface area contributed by atoms with Gasteiger partial charge in [-0.15, -0.1) is 0 Å². The van der Waals surface area contributed by atoms with Crippen LogP contribution in [0.25, 0.3) is 0 Å². The molecule has 2 aliphatic rings. The number of amides is 1. The van der Waals surface area contributed by atoms with Crippen LogP contribution in [-0.4, -0.2) is 40.6 Å². The number of pyridine rings is 2. The first-order valence-corrected chi connectivity index (χ1v) is 10.3. The third-order valence-corrected chi connectivity index (χ3v) is 6.51. The zero-order chi connectivity index (χ0) is 23.4. The minimum Gasteiger partial charge on any atom is -0.481 e. The molecule has 4 heterocycles. The van der Waals surface area contributed by atoms with Crippen LogP contribution in [0.3, 0.4) is 0 Å². The van der Waals surface area contributed by atoms with Crippen molar-refractivity contribution in [3.8, 4) is 5.88 Å². The molecule has 0 N–H and O–H groups in total. The monoisotopic (exact) mass is 450 g/mol. The normalized spacial score (nSPS) is 16.2. The van der Waals surface area contributed by atoms with E-state index in [0.29, 0.717) is 43.9 Å². The minimum atomic E-state index is -4.56. The summed E-state index contributed by atoms with van der Waals surface area (Å²) in [7, 11) is 3.00. The second-order valence-electron chi connectivity index (χ2n) is 8.52. The molecule has 0 unspecified atom stereocenters. The summed E-state index contributed by atoms with van der Waals surface area (Å²) in [6.45, 7) is 5.53. The number of anilines is 1. The van der Waals surface area contributed by atoms with Gasteiger partial charge in [0.25, 0.3) is 5.56 Å². The summed E-state index contributed by atoms with van der Waals surface area (Å²) in [6, 6.07) is 2.47. The third kappa shape index (κ3) is 3.82. The molecule has 0 spiro atoms. The lowest BCUT2D eigenvalue weighted by molar-refractivity contribution is -0.141. The highest BCUT2D eigenvalue weighted by atomic mass is 19.4. The van der Waals surface area contributed by atoms with Gasteiger partial charge in [0.1, 0.15) is 0 Å². The van der Waals surface area contributed by atoms with E-state index in [4.69, 9.17) is 4.74 Å². The van der Waals surface area contributed by atoms with E-state index in [0.717, 1.165) is 22.9 Å². The molecule has 0 atom stereocenters. The lowest BCUT2D eigenvalue weighted by Gasteiger charge is -2.41. The number of methoxy groups -OCH3 is 1. The maximum Gasteiger partial charge on any atom is 0.433 e. The van der Waals surface area contributed by atoms with Gasteiger partial charge in [-0.25, -0.2) is 4.98 Å². The average molecular weight is 450 g/mol. The van der Waals surface area contributed by atoms with E-state index in [1.165, 1.54) is 13.2 Å². The zero-order valence-electron chi connectivity index (χ0n) is 18.4. The summed E-state index contributed by atoms with van der Waals surface area (Å²) >= 11 is 0. The molecule has 7 nitrogen and oxygen atoms in total. The Bertz CT molecular complexity index is 1140. The van der Waals surface area contributed by atoms with Gasteiger partial charge in [0.2, 0.25) is 11.8 Å². The lowest BCUT2D eigenvalue weighted by Crippen LogP contribution is -2.48. The Hall–Kier alpha value is -3.04. The van der Waals surface area contributed by atoms with Crippen molar-refractivity contribution in [1.82, 2.24) is 14.5 Å². The molecule has 4 rings (SSSR count). The number of rotatable bonds is 4. The molecule has 2 aromatic rings. The summed E-state index contributed by atoms with van der Waals surface area (Å²) in [5.41, 5.74) is 2.85. The van der Waals surface area contributed by atoms with Crippen LogP contribution in [-0.2, 0) is 31.1 Å². The maximum atomic E-state index is 13.1. The first-order valence-electron chi connectivity index (χ1n) is 10.3. The number of fused-ring (bicyclic) bond motifs is 1. The van der Waals surface area contributed by atoms with Gasteiger partial charge < -0.3 is 19.1 Å². The van der Waals surface area contributed by atoms with E-state index in [1.54, 1.807) is 28.3 Å². The van der Waals surface area contributed by atoms with Crippen molar-refractivity contribution in [3.05, 3.63) is 50.6 Å². The standard InChI is InChI=1S/C22H25F3N4O3/c1-12-13(2)21(31)27(3)17-11-29(10-16(12)17)20(30)5-14-8-28(9-14)15-6-18(22(23,24)25)26-19(7-15)32-4/h6-7,14H,5,8-11H2,1-4H3. The lowest BCUT2D eigenvalue weighted by atomic mass is 9.95. The number of hydrogen-bond donors (Lipinski definition) is 0. The summed E-state index contributed by atoms with van der Waals surface area (Å²) in [5, 5.41) is 0. The Labute approximate surface area is 183 Å². The van der Waals surface area contributed by atoms with Gasteiger partial charge in [0, 0.05) is 62.0 Å². The second kappa shape index (κ2) is 7.83. The van der Waals surface area contributed by atoms with E-state index < -0.39 is 11.9 Å². The fraction of sp³-hybridized carbons (Fsp3) is 0.500. The Kier molecular flexibility index (Phi) is 5.42. The molecule has 0 aliphatic carbocycles. The van der Waals surface area contributed by atoms with Crippen molar-refractivity contribution in [2.24, 2.45) is 13.0 Å². The highest BCUT2D eigenvalue weighted by Gasteiger charge is 2.37. The highest BCUT2D eigenvalue weighted by molar-refractivity contribution is 5.77. The predicted octanol–water partition coefficient (Wildman–Crippen LogP) is 2.79. The molecule has 2 aromatic heterocycles. The number of aromatic nitrogens is 2. The molecule has 0 saturated carbocycles. The Morgan fingerprint density at radius 2 is 1.88 bits per heavy atom. The van der Waals surface area contributed by atoms with Crippen LogP contribution in [0.4, 0.5) is 18.9 Å². The van der Waals surface area contributed by atoms with Gasteiger partial charge in [-0.05, 0) is 31.0 Å². The molecular weight excluding hydrogens is 425 g/mol. The maximum absolute atomic E-state index is 13.1. The zero-order valence-corrected chi connectivity index (χ0v) is 18.4. The van der Waals surface area contributed by atoms with E-state index >= 15 is 0 Å². The van der Waals surface area contributed by atoms with Gasteiger partial charge in [-0.3, -0.25) is 9.59 Å². The fourth-order valence-electron chi connectivity index (χ4n) is 4.40. The van der Waals surface area contributed by atoms with Crippen molar-refractivity contribution >= 4 is 11.6 Å². The predicted molar refractivity (Wildman–Crippen MR) is 112 cm³/mol. The van der Waals surface area contributed by atoms with Gasteiger partial charge in [-0.1, -0.05) is 0 Å². The largest absolute Gasteiger partial charge is 0.481 e. The first-order chi connectivity index (χ1) is 15.0. The van der Waals surface area contributed by atoms with Crippen LogP contribution >= 0.6 is 0 Å². The Balaban J connectivity index is 1.40. The summed E-state index contributed by atoms with van der Waals surface area (Å²) in [5.74, 6) is -0.0644. The minimum absolute atomic E-state index is 0.0151. The highest BCUT2D eigenvalue weighted by Crippen LogP contribution is 2.36. The molecule has 0 aromatic carbocycles. The number of carbonyl (C=O) groups excluding carboxylic acids is 1. The van der Waals surface area contributed by atoms with Crippen molar-refractivity contribution < 1.29 is 22.7 Å². The number of carbonyl (C=O) groups is 1. The Morgan fingerprint density at radius 3 is 2.50 bits per heavy atom. The quantitative estimate of drug-likeness (QED) is 0.717. The van der Waals surface area contributed by atoms with Gasteiger partial charge >= 0.3 is 6.18 Å². The van der Waals surface area contributed by atoms with Crippen LogP contribution in [0, 0.1) is 19.8 Å². The summed E-state index contributed by atoms with van der Waals surface area (Å²) in [4.78, 5) is 32.2. The third-order valence-electron chi connectivity index (χ3n) is 6.51. The molecule has 32 heavy (non-hydrogen) atoms. The topological polar surface area (TPSA) is 67.7 Å². The molecule has 0 bridgehead atoms. The first kappa shape index (κ1) is 22.2. The van der Waals surface area contributed by atoms with Crippen LogP contribution in [0.15, 0.2) is 16.9 Å². The number of halogens is 3. The van der Waals surface area contributed by atoms with Gasteiger partial charge in [-0.2, -0.15) is 13.2 Å². The molecule has 10 heteroatoms. The molecule has 1 amide bonds. The van der Waals surface area contributed by atoms with Crippen molar-refractivity contribution in [2.75, 3.05) is 25.1 Å². The number of alkyl halides is 3. The number of ether oxygens (including phenoxy) is 1. The van der Waals surface area contributed by atoms with E-state index in [-0.39, 0.29) is 23.3 Å². The van der Waals surface area contributed by atoms with E-state index in [1.807, 2.05) is 6.92 Å². The van der Waals surface area contributed by atoms with Crippen LogP contribution in [0.5, 0.6) is 5.88 Å².